The number of carbonyl (C=O) groups excluding carboxylic acids is 1. The number of nitrogens with zero attached hydrogens (tertiary/aromatic N) is 1. The number of hydrogen-bond donors (Lipinski definition) is 2. The van der Waals surface area contributed by atoms with Crippen LogP contribution in [-0.2, 0) is 4.79 Å². The summed E-state index contributed by atoms with van der Waals surface area (Å²) >= 11 is 11.8. The second-order valence-electron chi connectivity index (χ2n) is 5.47. The van der Waals surface area contributed by atoms with E-state index in [-0.39, 0.29) is 5.91 Å². The van der Waals surface area contributed by atoms with Crippen molar-refractivity contribution in [2.75, 3.05) is 31.5 Å². The maximum atomic E-state index is 12.0. The van der Waals surface area contributed by atoms with Gasteiger partial charge >= 0.3 is 0 Å². The van der Waals surface area contributed by atoms with E-state index in [0.29, 0.717) is 28.2 Å². The average molecular weight is 330 g/mol. The molecule has 3 N–H and O–H groups in total. The molecule has 0 saturated carbocycles. The Morgan fingerprint density at radius 1 is 1.29 bits per heavy atom. The molecule has 1 aliphatic heterocycles. The lowest BCUT2D eigenvalue weighted by atomic mass is 9.94. The third kappa shape index (κ3) is 5.15. The number of halogens is 2. The number of piperidine rings is 1. The summed E-state index contributed by atoms with van der Waals surface area (Å²) < 4.78 is 0. The van der Waals surface area contributed by atoms with Crippen molar-refractivity contribution in [2.24, 2.45) is 11.7 Å². The largest absolute Gasteiger partial charge is 0.330 e. The van der Waals surface area contributed by atoms with Gasteiger partial charge in [0, 0.05) is 5.69 Å². The van der Waals surface area contributed by atoms with E-state index in [1.807, 2.05) is 0 Å². The van der Waals surface area contributed by atoms with Crippen LogP contribution in [-0.4, -0.2) is 37.0 Å². The summed E-state index contributed by atoms with van der Waals surface area (Å²) in [6.07, 6.45) is 3.33. The minimum Gasteiger partial charge on any atom is -0.330 e. The van der Waals surface area contributed by atoms with E-state index in [4.69, 9.17) is 28.9 Å². The Kier molecular flexibility index (Phi) is 6.30. The molecule has 21 heavy (non-hydrogen) atoms. The molecule has 0 atom stereocenters. The summed E-state index contributed by atoms with van der Waals surface area (Å²) in [5.41, 5.74) is 6.26. The fraction of sp³-hybridized carbons (Fsp3) is 0.533. The average Bonchev–Trinajstić information content (AvgIpc) is 2.45. The molecule has 2 rings (SSSR count). The fourth-order valence-electron chi connectivity index (χ4n) is 2.65. The van der Waals surface area contributed by atoms with Crippen molar-refractivity contribution in [3.05, 3.63) is 28.2 Å². The van der Waals surface area contributed by atoms with E-state index >= 15 is 0 Å². The second-order valence-corrected chi connectivity index (χ2v) is 6.29. The van der Waals surface area contributed by atoms with E-state index in [0.717, 1.165) is 38.9 Å². The van der Waals surface area contributed by atoms with Crippen LogP contribution in [0.3, 0.4) is 0 Å². The molecule has 1 aromatic carbocycles. The van der Waals surface area contributed by atoms with Gasteiger partial charge in [-0.3, -0.25) is 9.69 Å². The van der Waals surface area contributed by atoms with Gasteiger partial charge in [-0.25, -0.2) is 0 Å². The monoisotopic (exact) mass is 329 g/mol. The van der Waals surface area contributed by atoms with Gasteiger partial charge in [0.2, 0.25) is 5.91 Å². The van der Waals surface area contributed by atoms with Crippen molar-refractivity contribution in [3.63, 3.8) is 0 Å². The van der Waals surface area contributed by atoms with Crippen LogP contribution in [0, 0.1) is 5.92 Å². The zero-order chi connectivity index (χ0) is 15.2. The Morgan fingerprint density at radius 3 is 2.62 bits per heavy atom. The summed E-state index contributed by atoms with van der Waals surface area (Å²) in [6, 6.07) is 5.09. The van der Waals surface area contributed by atoms with Crippen molar-refractivity contribution in [1.29, 1.82) is 0 Å². The zero-order valence-electron chi connectivity index (χ0n) is 11.9. The fourth-order valence-corrected chi connectivity index (χ4v) is 2.94. The van der Waals surface area contributed by atoms with Gasteiger partial charge in [0.25, 0.3) is 0 Å². The van der Waals surface area contributed by atoms with Crippen molar-refractivity contribution in [1.82, 2.24) is 4.90 Å². The maximum Gasteiger partial charge on any atom is 0.238 e. The number of nitrogens with one attached hydrogen (secondary N) is 1. The molecule has 0 spiro atoms. The normalized spacial score (nSPS) is 16.9. The third-order valence-corrected chi connectivity index (χ3v) is 4.59. The zero-order valence-corrected chi connectivity index (χ0v) is 13.5. The van der Waals surface area contributed by atoms with E-state index in [9.17, 15) is 4.79 Å². The first kappa shape index (κ1) is 16.6. The summed E-state index contributed by atoms with van der Waals surface area (Å²) in [5.74, 6) is 0.690. The van der Waals surface area contributed by atoms with Crippen LogP contribution in [0.1, 0.15) is 19.3 Å². The SMILES string of the molecule is NCCC1CCN(CC(=O)Nc2ccc(Cl)c(Cl)c2)CC1. The van der Waals surface area contributed by atoms with Gasteiger partial charge in [0.05, 0.1) is 16.6 Å². The highest BCUT2D eigenvalue weighted by atomic mass is 35.5. The van der Waals surface area contributed by atoms with Crippen molar-refractivity contribution >= 4 is 34.8 Å². The number of nitrogens with two attached hydrogens (primary N) is 1. The van der Waals surface area contributed by atoms with Crippen LogP contribution < -0.4 is 11.1 Å². The molecule has 1 fully saturated rings. The Balaban J connectivity index is 1.78. The van der Waals surface area contributed by atoms with Gasteiger partial charge < -0.3 is 11.1 Å². The van der Waals surface area contributed by atoms with Crippen molar-refractivity contribution in [2.45, 2.75) is 19.3 Å². The third-order valence-electron chi connectivity index (χ3n) is 3.85. The molecule has 1 saturated heterocycles. The van der Waals surface area contributed by atoms with Crippen molar-refractivity contribution < 1.29 is 4.79 Å². The topological polar surface area (TPSA) is 58.4 Å². The number of amides is 1. The van der Waals surface area contributed by atoms with Gasteiger partial charge in [-0.2, -0.15) is 0 Å². The molecule has 0 bridgehead atoms. The van der Waals surface area contributed by atoms with Crippen LogP contribution >= 0.6 is 23.2 Å². The van der Waals surface area contributed by atoms with Gasteiger partial charge in [-0.05, 0) is 63.0 Å². The first-order valence-electron chi connectivity index (χ1n) is 7.26. The lowest BCUT2D eigenvalue weighted by Gasteiger charge is -2.31. The van der Waals surface area contributed by atoms with Crippen LogP contribution in [0.15, 0.2) is 18.2 Å². The van der Waals surface area contributed by atoms with Crippen LogP contribution in [0.4, 0.5) is 5.69 Å². The minimum absolute atomic E-state index is 0.0225. The van der Waals surface area contributed by atoms with Gasteiger partial charge in [0.15, 0.2) is 0 Å². The van der Waals surface area contributed by atoms with Gasteiger partial charge in [-0.15, -0.1) is 0 Å². The number of rotatable bonds is 5. The molecule has 0 radical (unpaired) electrons. The standard InChI is InChI=1S/C15H21Cl2N3O/c16-13-2-1-12(9-14(13)17)19-15(21)10-20-7-4-11(3-6-18)5-8-20/h1-2,9,11H,3-8,10,18H2,(H,19,21). The number of hydrogen-bond acceptors (Lipinski definition) is 3. The number of benzene rings is 1. The van der Waals surface area contributed by atoms with Gasteiger partial charge in [-0.1, -0.05) is 23.2 Å². The molecule has 116 valence electrons. The molecule has 0 aliphatic carbocycles. The van der Waals surface area contributed by atoms with Crippen molar-refractivity contribution in [3.8, 4) is 0 Å². The predicted molar refractivity (Wildman–Crippen MR) is 87.9 cm³/mol. The van der Waals surface area contributed by atoms with E-state index in [1.165, 1.54) is 0 Å². The molecular formula is C15H21Cl2N3O. The summed E-state index contributed by atoms with van der Waals surface area (Å²) in [7, 11) is 0. The van der Waals surface area contributed by atoms with Crippen LogP contribution in [0.5, 0.6) is 0 Å². The summed E-state index contributed by atoms with van der Waals surface area (Å²) in [4.78, 5) is 14.2. The Labute approximate surface area is 135 Å². The highest BCUT2D eigenvalue weighted by Crippen LogP contribution is 2.25. The molecule has 1 aliphatic rings. The quantitative estimate of drug-likeness (QED) is 0.873. The number of anilines is 1. The Morgan fingerprint density at radius 2 is 2.00 bits per heavy atom. The van der Waals surface area contributed by atoms with Crippen LogP contribution in [0.2, 0.25) is 10.0 Å². The van der Waals surface area contributed by atoms with E-state index in [1.54, 1.807) is 18.2 Å². The molecule has 4 nitrogen and oxygen atoms in total. The van der Waals surface area contributed by atoms with Gasteiger partial charge in [0.1, 0.15) is 0 Å². The van der Waals surface area contributed by atoms with E-state index in [2.05, 4.69) is 10.2 Å². The predicted octanol–water partition coefficient (Wildman–Crippen LogP) is 2.99. The highest BCUT2D eigenvalue weighted by Gasteiger charge is 2.20. The lowest BCUT2D eigenvalue weighted by molar-refractivity contribution is -0.117. The highest BCUT2D eigenvalue weighted by molar-refractivity contribution is 6.42. The smallest absolute Gasteiger partial charge is 0.238 e. The molecule has 6 heteroatoms. The number of carbonyl (C=O) groups is 1. The summed E-state index contributed by atoms with van der Waals surface area (Å²) in [5, 5.41) is 3.77. The Hall–Kier alpha value is -0.810. The first-order chi connectivity index (χ1) is 10.1. The molecule has 1 aromatic rings. The molecular weight excluding hydrogens is 309 g/mol. The Bertz CT molecular complexity index is 488. The second kappa shape index (κ2) is 7.99. The number of likely N-dealkylation sites (tertiary alicyclic amines) is 1. The molecule has 0 aromatic heterocycles. The maximum absolute atomic E-state index is 12.0. The minimum atomic E-state index is -0.0225. The van der Waals surface area contributed by atoms with Crippen LogP contribution in [0.25, 0.3) is 0 Å². The molecule has 0 unspecified atom stereocenters. The molecule has 1 heterocycles. The lowest BCUT2D eigenvalue weighted by Crippen LogP contribution is -2.39. The summed E-state index contributed by atoms with van der Waals surface area (Å²) in [6.45, 7) is 3.08. The van der Waals surface area contributed by atoms with E-state index < -0.39 is 0 Å². The molecule has 1 amide bonds. The first-order valence-corrected chi connectivity index (χ1v) is 8.01.